The fourth-order valence-electron chi connectivity index (χ4n) is 2.71. The lowest BCUT2D eigenvalue weighted by molar-refractivity contribution is 0.0779. The van der Waals surface area contributed by atoms with Gasteiger partial charge in [-0.15, -0.1) is 0 Å². The fourth-order valence-corrected chi connectivity index (χ4v) is 2.71. The molecule has 0 bridgehead atoms. The zero-order chi connectivity index (χ0) is 18.7. The highest BCUT2D eigenvalue weighted by Gasteiger charge is 2.18. The van der Waals surface area contributed by atoms with Gasteiger partial charge < -0.3 is 10.2 Å². The number of fused-ring (bicyclic) bond motifs is 1. The Morgan fingerprint density at radius 1 is 1.08 bits per heavy atom. The minimum absolute atomic E-state index is 0.162. The van der Waals surface area contributed by atoms with Gasteiger partial charge in [0.05, 0.1) is 5.39 Å². The lowest BCUT2D eigenvalue weighted by Gasteiger charge is -2.17. The summed E-state index contributed by atoms with van der Waals surface area (Å²) in [6, 6.07) is 13.9. The Morgan fingerprint density at radius 2 is 1.73 bits per heavy atom. The quantitative estimate of drug-likeness (QED) is 0.746. The van der Waals surface area contributed by atoms with Gasteiger partial charge in [-0.05, 0) is 23.8 Å². The second-order valence-electron chi connectivity index (χ2n) is 5.88. The van der Waals surface area contributed by atoms with E-state index in [2.05, 4.69) is 15.5 Å². The first-order chi connectivity index (χ1) is 12.5. The van der Waals surface area contributed by atoms with Crippen LogP contribution < -0.4 is 10.9 Å². The highest BCUT2D eigenvalue weighted by molar-refractivity contribution is 6.04. The molecule has 0 radical (unpaired) electrons. The Hall–Kier alpha value is -3.48. The second kappa shape index (κ2) is 7.18. The molecule has 2 N–H and O–H groups in total. The number of amides is 2. The van der Waals surface area contributed by atoms with Crippen molar-refractivity contribution >= 4 is 22.6 Å². The summed E-state index contributed by atoms with van der Waals surface area (Å²) >= 11 is 0. The number of aromatic amines is 1. The molecule has 0 saturated carbocycles. The minimum atomic E-state index is -0.329. The van der Waals surface area contributed by atoms with Crippen LogP contribution in [0, 0.1) is 0 Å². The van der Waals surface area contributed by atoms with Crippen LogP contribution in [0.5, 0.6) is 0 Å². The van der Waals surface area contributed by atoms with Crippen molar-refractivity contribution in [1.82, 2.24) is 20.4 Å². The molecule has 1 heterocycles. The van der Waals surface area contributed by atoms with Crippen LogP contribution in [0.4, 0.5) is 0 Å². The summed E-state index contributed by atoms with van der Waals surface area (Å²) in [5, 5.41) is 9.81. The number of hydrogen-bond donors (Lipinski definition) is 2. The van der Waals surface area contributed by atoms with Crippen molar-refractivity contribution in [3.8, 4) is 0 Å². The van der Waals surface area contributed by atoms with Crippen molar-refractivity contribution in [2.45, 2.75) is 6.54 Å². The van der Waals surface area contributed by atoms with Gasteiger partial charge in [0.25, 0.3) is 17.4 Å². The van der Waals surface area contributed by atoms with Crippen LogP contribution in [-0.4, -0.2) is 41.0 Å². The second-order valence-corrected chi connectivity index (χ2v) is 5.88. The number of H-pyrrole nitrogens is 1. The molecule has 2 amide bonds. The van der Waals surface area contributed by atoms with E-state index in [1.807, 2.05) is 0 Å². The molecular formula is C19H18N4O3. The van der Waals surface area contributed by atoms with Crippen LogP contribution in [0.25, 0.3) is 10.8 Å². The van der Waals surface area contributed by atoms with E-state index in [4.69, 9.17) is 0 Å². The first-order valence-corrected chi connectivity index (χ1v) is 8.05. The molecule has 132 valence electrons. The van der Waals surface area contributed by atoms with E-state index in [-0.39, 0.29) is 23.1 Å². The van der Waals surface area contributed by atoms with Crippen molar-refractivity contribution in [2.75, 3.05) is 14.1 Å². The molecule has 0 aliphatic carbocycles. The molecule has 26 heavy (non-hydrogen) atoms. The van der Waals surface area contributed by atoms with Crippen molar-refractivity contribution < 1.29 is 9.59 Å². The molecule has 0 atom stereocenters. The summed E-state index contributed by atoms with van der Waals surface area (Å²) in [6.45, 7) is 0.349. The van der Waals surface area contributed by atoms with Gasteiger partial charge in [-0.25, -0.2) is 5.10 Å². The maximum Gasteiger partial charge on any atom is 0.274 e. The van der Waals surface area contributed by atoms with E-state index >= 15 is 0 Å². The normalized spacial score (nSPS) is 10.5. The van der Waals surface area contributed by atoms with Crippen LogP contribution in [-0.2, 0) is 6.54 Å². The van der Waals surface area contributed by atoms with E-state index in [0.717, 1.165) is 5.56 Å². The fraction of sp³-hybridized carbons (Fsp3) is 0.158. The molecule has 0 spiro atoms. The lowest BCUT2D eigenvalue weighted by atomic mass is 10.1. The van der Waals surface area contributed by atoms with Gasteiger partial charge in [0.2, 0.25) is 0 Å². The van der Waals surface area contributed by atoms with Crippen LogP contribution in [0.2, 0.25) is 0 Å². The molecule has 0 fully saturated rings. The summed E-state index contributed by atoms with van der Waals surface area (Å²) in [6.07, 6.45) is 0. The topological polar surface area (TPSA) is 95.2 Å². The lowest BCUT2D eigenvalue weighted by Crippen LogP contribution is -2.28. The summed E-state index contributed by atoms with van der Waals surface area (Å²) in [5.74, 6) is -0.460. The van der Waals surface area contributed by atoms with Crippen LogP contribution in [0.1, 0.15) is 26.4 Å². The van der Waals surface area contributed by atoms with Crippen LogP contribution in [0.3, 0.4) is 0 Å². The third-order valence-electron chi connectivity index (χ3n) is 4.11. The van der Waals surface area contributed by atoms with Gasteiger partial charge in [0.15, 0.2) is 5.69 Å². The highest BCUT2D eigenvalue weighted by Crippen LogP contribution is 2.15. The predicted molar refractivity (Wildman–Crippen MR) is 98.0 cm³/mol. The molecule has 3 aromatic rings. The number of benzene rings is 2. The molecule has 7 nitrogen and oxygen atoms in total. The number of hydrogen-bond acceptors (Lipinski definition) is 4. The number of nitrogens with one attached hydrogen (secondary N) is 2. The largest absolute Gasteiger partial charge is 0.355 e. The van der Waals surface area contributed by atoms with Gasteiger partial charge in [0.1, 0.15) is 0 Å². The van der Waals surface area contributed by atoms with E-state index < -0.39 is 0 Å². The Balaban J connectivity index is 1.84. The number of carbonyl (C=O) groups is 2. The summed E-state index contributed by atoms with van der Waals surface area (Å²) in [7, 11) is 3.24. The molecule has 0 saturated heterocycles. The zero-order valence-electron chi connectivity index (χ0n) is 14.4. The van der Waals surface area contributed by atoms with Gasteiger partial charge >= 0.3 is 0 Å². The Bertz CT molecular complexity index is 1020. The van der Waals surface area contributed by atoms with Gasteiger partial charge in [-0.1, -0.05) is 30.3 Å². The molecule has 7 heteroatoms. The maximum atomic E-state index is 12.8. The Kier molecular flexibility index (Phi) is 4.79. The monoisotopic (exact) mass is 350 g/mol. The van der Waals surface area contributed by atoms with E-state index in [0.29, 0.717) is 22.9 Å². The van der Waals surface area contributed by atoms with Gasteiger partial charge in [-0.3, -0.25) is 14.4 Å². The maximum absolute atomic E-state index is 12.8. The predicted octanol–water partition coefficient (Wildman–Crippen LogP) is 1.55. The number of aromatic nitrogens is 2. The first kappa shape index (κ1) is 17.3. The SMILES string of the molecule is CNC(=O)c1ccc(CN(C)C(=O)c2n[nH]c(=O)c3ccccc23)cc1. The molecule has 2 aromatic carbocycles. The smallest absolute Gasteiger partial charge is 0.274 e. The van der Waals surface area contributed by atoms with Crippen molar-refractivity contribution in [1.29, 1.82) is 0 Å². The molecule has 1 aromatic heterocycles. The Labute approximate surface area is 149 Å². The van der Waals surface area contributed by atoms with Crippen molar-refractivity contribution in [3.05, 3.63) is 75.7 Å². The third-order valence-corrected chi connectivity index (χ3v) is 4.11. The minimum Gasteiger partial charge on any atom is -0.355 e. The number of carbonyl (C=O) groups excluding carboxylic acids is 2. The van der Waals surface area contributed by atoms with Crippen molar-refractivity contribution in [2.24, 2.45) is 0 Å². The van der Waals surface area contributed by atoms with E-state index in [1.165, 1.54) is 4.90 Å². The molecule has 0 aliphatic rings. The average molecular weight is 350 g/mol. The van der Waals surface area contributed by atoms with Crippen molar-refractivity contribution in [3.63, 3.8) is 0 Å². The number of nitrogens with zero attached hydrogens (tertiary/aromatic N) is 2. The molecule has 0 unspecified atom stereocenters. The summed E-state index contributed by atoms with van der Waals surface area (Å²) < 4.78 is 0. The van der Waals surface area contributed by atoms with Gasteiger partial charge in [0, 0.05) is 31.6 Å². The summed E-state index contributed by atoms with van der Waals surface area (Å²) in [4.78, 5) is 37.7. The summed E-state index contributed by atoms with van der Waals surface area (Å²) in [5.41, 5.74) is 1.30. The highest BCUT2D eigenvalue weighted by atomic mass is 16.2. The molecule has 0 aliphatic heterocycles. The molecule has 3 rings (SSSR count). The Morgan fingerprint density at radius 3 is 2.38 bits per heavy atom. The number of rotatable bonds is 4. The standard InChI is InChI=1S/C19H18N4O3/c1-20-17(24)13-9-7-12(8-10-13)11-23(2)19(26)16-14-5-3-4-6-15(14)18(25)22-21-16/h3-10H,11H2,1-2H3,(H,20,24)(H,22,25). The zero-order valence-corrected chi connectivity index (χ0v) is 14.4. The van der Waals surface area contributed by atoms with E-state index in [9.17, 15) is 14.4 Å². The van der Waals surface area contributed by atoms with Gasteiger partial charge in [-0.2, -0.15) is 5.10 Å². The third kappa shape index (κ3) is 3.32. The average Bonchev–Trinajstić information content (AvgIpc) is 2.68. The van der Waals surface area contributed by atoms with Crippen LogP contribution >= 0.6 is 0 Å². The molecular weight excluding hydrogens is 332 g/mol. The van der Waals surface area contributed by atoms with Crippen LogP contribution in [0.15, 0.2) is 53.3 Å². The van der Waals surface area contributed by atoms with E-state index in [1.54, 1.807) is 62.6 Å². The first-order valence-electron chi connectivity index (χ1n) is 8.05.